The normalized spacial score (nSPS) is 15.7. The van der Waals surface area contributed by atoms with Gasteiger partial charge in [0.25, 0.3) is 0 Å². The molecule has 4 nitrogen and oxygen atoms in total. The zero-order valence-corrected chi connectivity index (χ0v) is 14.8. The molecule has 3 rings (SSSR count). The van der Waals surface area contributed by atoms with Crippen molar-refractivity contribution >= 4 is 16.9 Å². The molecule has 1 heterocycles. The molecule has 1 N–H and O–H groups in total. The Morgan fingerprint density at radius 3 is 2.75 bits per heavy atom. The van der Waals surface area contributed by atoms with Gasteiger partial charge in [-0.15, -0.1) is 0 Å². The summed E-state index contributed by atoms with van der Waals surface area (Å²) in [5.41, 5.74) is 2.28. The maximum atomic E-state index is 12.1. The van der Waals surface area contributed by atoms with Crippen LogP contribution in [0.2, 0.25) is 0 Å². The van der Waals surface area contributed by atoms with E-state index in [1.54, 1.807) is 0 Å². The number of carbonyl (C=O) groups excluding carboxylic acids is 1. The number of aromatic nitrogens is 2. The molecule has 1 saturated carbocycles. The van der Waals surface area contributed by atoms with E-state index in [1.165, 1.54) is 24.8 Å². The summed E-state index contributed by atoms with van der Waals surface area (Å²) in [7, 11) is 2.09. The Bertz CT molecular complexity index is 671. The molecule has 1 aliphatic carbocycles. The van der Waals surface area contributed by atoms with Gasteiger partial charge in [0.1, 0.15) is 5.82 Å². The van der Waals surface area contributed by atoms with Crippen molar-refractivity contribution in [3.63, 3.8) is 0 Å². The number of nitrogens with one attached hydrogen (secondary N) is 1. The third-order valence-corrected chi connectivity index (χ3v) is 5.23. The maximum absolute atomic E-state index is 12.1. The molecule has 0 unspecified atom stereocenters. The van der Waals surface area contributed by atoms with E-state index in [-0.39, 0.29) is 11.8 Å². The number of fused-ring (bicyclic) bond motifs is 1. The second kappa shape index (κ2) is 8.32. The molecule has 1 aliphatic rings. The lowest BCUT2D eigenvalue weighted by atomic mass is 9.89. The van der Waals surface area contributed by atoms with Crippen molar-refractivity contribution in [1.29, 1.82) is 0 Å². The van der Waals surface area contributed by atoms with Crippen LogP contribution in [-0.2, 0) is 18.3 Å². The van der Waals surface area contributed by atoms with Crippen LogP contribution in [0, 0.1) is 5.92 Å². The van der Waals surface area contributed by atoms with E-state index in [9.17, 15) is 4.79 Å². The number of benzene rings is 1. The summed E-state index contributed by atoms with van der Waals surface area (Å²) in [5, 5.41) is 3.12. The highest BCUT2D eigenvalue weighted by atomic mass is 16.1. The molecule has 0 radical (unpaired) electrons. The number of para-hydroxylation sites is 2. The largest absolute Gasteiger partial charge is 0.356 e. The van der Waals surface area contributed by atoms with Crippen molar-refractivity contribution in [2.75, 3.05) is 6.54 Å². The minimum Gasteiger partial charge on any atom is -0.356 e. The number of hydrogen-bond donors (Lipinski definition) is 1. The lowest BCUT2D eigenvalue weighted by molar-refractivity contribution is -0.125. The van der Waals surface area contributed by atoms with Gasteiger partial charge in [0, 0.05) is 25.9 Å². The SMILES string of the molecule is Cn1c(CCCCCNC(=O)C2CCCCC2)nc2ccccc21. The summed E-state index contributed by atoms with van der Waals surface area (Å²) >= 11 is 0. The second-order valence-corrected chi connectivity index (χ2v) is 7.01. The Balaban J connectivity index is 1.35. The molecule has 4 heteroatoms. The van der Waals surface area contributed by atoms with Crippen LogP contribution in [0.15, 0.2) is 24.3 Å². The molecule has 24 heavy (non-hydrogen) atoms. The molecule has 1 fully saturated rings. The number of imidazole rings is 1. The first-order chi connectivity index (χ1) is 11.8. The monoisotopic (exact) mass is 327 g/mol. The summed E-state index contributed by atoms with van der Waals surface area (Å²) in [6.45, 7) is 0.817. The molecule has 130 valence electrons. The van der Waals surface area contributed by atoms with E-state index < -0.39 is 0 Å². The highest BCUT2D eigenvalue weighted by Crippen LogP contribution is 2.23. The van der Waals surface area contributed by atoms with Gasteiger partial charge in [-0.25, -0.2) is 4.98 Å². The Labute approximate surface area is 144 Å². The molecule has 1 aromatic heterocycles. The van der Waals surface area contributed by atoms with Gasteiger partial charge in [-0.2, -0.15) is 0 Å². The van der Waals surface area contributed by atoms with Crippen molar-refractivity contribution in [3.05, 3.63) is 30.1 Å². The van der Waals surface area contributed by atoms with Gasteiger partial charge >= 0.3 is 0 Å². The molecule has 0 spiro atoms. The average Bonchev–Trinajstić information content (AvgIpc) is 2.95. The lowest BCUT2D eigenvalue weighted by Crippen LogP contribution is -2.32. The predicted molar refractivity (Wildman–Crippen MR) is 97.9 cm³/mol. The molecule has 0 bridgehead atoms. The van der Waals surface area contributed by atoms with Crippen molar-refractivity contribution < 1.29 is 4.79 Å². The highest BCUT2D eigenvalue weighted by molar-refractivity contribution is 5.78. The first-order valence-electron chi connectivity index (χ1n) is 9.44. The zero-order chi connectivity index (χ0) is 16.8. The van der Waals surface area contributed by atoms with Gasteiger partial charge in [-0.3, -0.25) is 4.79 Å². The highest BCUT2D eigenvalue weighted by Gasteiger charge is 2.20. The Morgan fingerprint density at radius 1 is 1.17 bits per heavy atom. The summed E-state index contributed by atoms with van der Waals surface area (Å²) in [6.07, 6.45) is 10.2. The number of nitrogens with zero attached hydrogens (tertiary/aromatic N) is 2. The van der Waals surface area contributed by atoms with Crippen LogP contribution in [0.4, 0.5) is 0 Å². The number of hydrogen-bond acceptors (Lipinski definition) is 2. The minimum atomic E-state index is 0.277. The summed E-state index contributed by atoms with van der Waals surface area (Å²) < 4.78 is 2.19. The standard InChI is InChI=1S/C20H29N3O/c1-23-18-13-8-7-12-17(18)22-19(23)14-6-3-9-15-21-20(24)16-10-4-2-5-11-16/h7-8,12-13,16H,2-6,9-11,14-15H2,1H3,(H,21,24). The molecule has 1 amide bonds. The summed E-state index contributed by atoms with van der Waals surface area (Å²) in [4.78, 5) is 16.8. The number of rotatable bonds is 7. The van der Waals surface area contributed by atoms with Crippen LogP contribution in [0.1, 0.15) is 57.2 Å². The topological polar surface area (TPSA) is 46.9 Å². The first kappa shape index (κ1) is 17.0. The van der Waals surface area contributed by atoms with E-state index in [4.69, 9.17) is 4.98 Å². The maximum Gasteiger partial charge on any atom is 0.223 e. The third-order valence-electron chi connectivity index (χ3n) is 5.23. The summed E-state index contributed by atoms with van der Waals surface area (Å²) in [5.74, 6) is 1.71. The molecule has 0 aliphatic heterocycles. The lowest BCUT2D eigenvalue weighted by Gasteiger charge is -2.20. The quantitative estimate of drug-likeness (QED) is 0.782. The minimum absolute atomic E-state index is 0.277. The van der Waals surface area contributed by atoms with Crippen molar-refractivity contribution in [2.45, 2.75) is 57.8 Å². The predicted octanol–water partition coefficient (Wildman–Crippen LogP) is 3.98. The van der Waals surface area contributed by atoms with Gasteiger partial charge in [0.15, 0.2) is 0 Å². The molecular weight excluding hydrogens is 298 g/mol. The van der Waals surface area contributed by atoms with E-state index in [2.05, 4.69) is 35.1 Å². The Kier molecular flexibility index (Phi) is 5.89. The number of unbranched alkanes of at least 4 members (excludes halogenated alkanes) is 2. The van der Waals surface area contributed by atoms with Crippen LogP contribution in [0.25, 0.3) is 11.0 Å². The third kappa shape index (κ3) is 4.16. The molecule has 1 aromatic carbocycles. The molecular formula is C20H29N3O. The Hall–Kier alpha value is -1.84. The fraction of sp³-hybridized carbons (Fsp3) is 0.600. The van der Waals surface area contributed by atoms with Crippen LogP contribution in [0.5, 0.6) is 0 Å². The van der Waals surface area contributed by atoms with Gasteiger partial charge in [-0.1, -0.05) is 37.8 Å². The number of carbonyl (C=O) groups is 1. The van der Waals surface area contributed by atoms with E-state index in [0.717, 1.165) is 56.4 Å². The van der Waals surface area contributed by atoms with Gasteiger partial charge in [0.2, 0.25) is 5.91 Å². The van der Waals surface area contributed by atoms with Gasteiger partial charge in [0.05, 0.1) is 11.0 Å². The van der Waals surface area contributed by atoms with Crippen LogP contribution in [-0.4, -0.2) is 22.0 Å². The van der Waals surface area contributed by atoms with E-state index in [1.807, 2.05) is 6.07 Å². The van der Waals surface area contributed by atoms with E-state index in [0.29, 0.717) is 0 Å². The van der Waals surface area contributed by atoms with Crippen molar-refractivity contribution in [2.24, 2.45) is 13.0 Å². The summed E-state index contributed by atoms with van der Waals surface area (Å²) in [6, 6.07) is 8.28. The van der Waals surface area contributed by atoms with Crippen LogP contribution in [0.3, 0.4) is 0 Å². The fourth-order valence-corrected chi connectivity index (χ4v) is 3.72. The average molecular weight is 327 g/mol. The van der Waals surface area contributed by atoms with Crippen LogP contribution >= 0.6 is 0 Å². The zero-order valence-electron chi connectivity index (χ0n) is 14.8. The van der Waals surface area contributed by atoms with Crippen molar-refractivity contribution in [1.82, 2.24) is 14.9 Å². The number of aryl methyl sites for hydroxylation is 2. The van der Waals surface area contributed by atoms with E-state index >= 15 is 0 Å². The number of amides is 1. The molecule has 0 atom stereocenters. The smallest absolute Gasteiger partial charge is 0.223 e. The Morgan fingerprint density at radius 2 is 1.96 bits per heavy atom. The second-order valence-electron chi connectivity index (χ2n) is 7.01. The molecule has 0 saturated heterocycles. The first-order valence-corrected chi connectivity index (χ1v) is 9.44. The fourth-order valence-electron chi connectivity index (χ4n) is 3.72. The van der Waals surface area contributed by atoms with Crippen molar-refractivity contribution in [3.8, 4) is 0 Å². The van der Waals surface area contributed by atoms with Gasteiger partial charge < -0.3 is 9.88 Å². The van der Waals surface area contributed by atoms with Gasteiger partial charge in [-0.05, 0) is 37.8 Å². The molecule has 2 aromatic rings. The van der Waals surface area contributed by atoms with Crippen LogP contribution < -0.4 is 5.32 Å².